The van der Waals surface area contributed by atoms with Crippen LogP contribution in [0.1, 0.15) is 18.1 Å². The zero-order chi connectivity index (χ0) is 27.4. The predicted octanol–water partition coefficient (Wildman–Crippen LogP) is 1.69. The molecule has 0 aliphatic carbocycles. The van der Waals surface area contributed by atoms with Gasteiger partial charge in [-0.25, -0.2) is 9.59 Å². The molecule has 0 aliphatic heterocycles. The Kier molecular flexibility index (Phi) is 11.1. The number of carbonyl (C=O) groups is 5. The Morgan fingerprint density at radius 3 is 1.81 bits per heavy atom. The number of benzene rings is 2. The Morgan fingerprint density at radius 1 is 0.811 bits per heavy atom. The molecule has 0 bridgehead atoms. The Hall–Kier alpha value is -4.41. The molecule has 37 heavy (non-hydrogen) atoms. The smallest absolute Gasteiger partial charge is 0.408 e. The van der Waals surface area contributed by atoms with Crippen molar-refractivity contribution in [3.8, 4) is 0 Å². The number of esters is 2. The van der Waals surface area contributed by atoms with Crippen molar-refractivity contribution in [2.24, 2.45) is 11.8 Å². The molecule has 0 saturated heterocycles. The Labute approximate surface area is 214 Å². The second-order valence-electron chi connectivity index (χ2n) is 8.16. The summed E-state index contributed by atoms with van der Waals surface area (Å²) in [6, 6.07) is 14.7. The van der Waals surface area contributed by atoms with Gasteiger partial charge in [0.25, 0.3) is 0 Å². The molecule has 11 nitrogen and oxygen atoms in total. The van der Waals surface area contributed by atoms with Crippen molar-refractivity contribution >= 4 is 29.9 Å². The van der Waals surface area contributed by atoms with Gasteiger partial charge in [-0.2, -0.15) is 0 Å². The van der Waals surface area contributed by atoms with E-state index in [0.717, 1.165) is 19.8 Å². The number of ether oxygens (including phenoxy) is 3. The number of carbonyl (C=O) groups excluding carboxylic acids is 4. The lowest BCUT2D eigenvalue weighted by Crippen LogP contribution is -2.56. The molecule has 198 valence electrons. The van der Waals surface area contributed by atoms with E-state index in [-0.39, 0.29) is 13.0 Å². The molecule has 11 heteroatoms. The first-order chi connectivity index (χ1) is 17.7. The maximum absolute atomic E-state index is 13.2. The number of amides is 2. The normalized spacial score (nSPS) is 13.0. The molecule has 0 aliphatic rings. The topological polar surface area (TPSA) is 157 Å². The Morgan fingerprint density at radius 2 is 1.32 bits per heavy atom. The molecular weight excluding hydrogens is 484 g/mol. The zero-order valence-corrected chi connectivity index (χ0v) is 20.7. The van der Waals surface area contributed by atoms with Gasteiger partial charge in [0.15, 0.2) is 5.92 Å². The Balaban J connectivity index is 2.22. The lowest BCUT2D eigenvalue weighted by atomic mass is 9.87. The van der Waals surface area contributed by atoms with Crippen molar-refractivity contribution in [3.63, 3.8) is 0 Å². The summed E-state index contributed by atoms with van der Waals surface area (Å²) in [5.74, 6) is -7.22. The molecule has 0 radical (unpaired) electrons. The average Bonchev–Trinajstić information content (AvgIpc) is 2.90. The summed E-state index contributed by atoms with van der Waals surface area (Å²) in [6.45, 7) is 1.26. The molecule has 0 unspecified atom stereocenters. The minimum atomic E-state index is -1.68. The lowest BCUT2D eigenvalue weighted by Gasteiger charge is -2.27. The lowest BCUT2D eigenvalue weighted by molar-refractivity contribution is -0.163. The van der Waals surface area contributed by atoms with Crippen LogP contribution >= 0.6 is 0 Å². The van der Waals surface area contributed by atoms with E-state index >= 15 is 0 Å². The summed E-state index contributed by atoms with van der Waals surface area (Å²) in [5.41, 5.74) is 1.42. The number of rotatable bonds is 12. The summed E-state index contributed by atoms with van der Waals surface area (Å²) >= 11 is 0. The summed E-state index contributed by atoms with van der Waals surface area (Å²) < 4.78 is 14.4. The largest absolute Gasteiger partial charge is 0.480 e. The van der Waals surface area contributed by atoms with E-state index in [4.69, 9.17) is 4.74 Å². The van der Waals surface area contributed by atoms with E-state index in [2.05, 4.69) is 20.1 Å². The van der Waals surface area contributed by atoms with Gasteiger partial charge in [-0.05, 0) is 11.1 Å². The first kappa shape index (κ1) is 28.8. The number of nitrogens with one attached hydrogen (secondary N) is 2. The maximum Gasteiger partial charge on any atom is 0.408 e. The zero-order valence-electron chi connectivity index (χ0n) is 20.7. The summed E-state index contributed by atoms with van der Waals surface area (Å²) in [4.78, 5) is 62.1. The van der Waals surface area contributed by atoms with Crippen LogP contribution in [0.25, 0.3) is 0 Å². The quantitative estimate of drug-likeness (QED) is 0.218. The van der Waals surface area contributed by atoms with Crippen molar-refractivity contribution in [1.29, 1.82) is 0 Å². The monoisotopic (exact) mass is 514 g/mol. The second-order valence-corrected chi connectivity index (χ2v) is 8.16. The molecule has 2 rings (SSSR count). The third-order valence-corrected chi connectivity index (χ3v) is 5.63. The van der Waals surface area contributed by atoms with Gasteiger partial charge in [-0.15, -0.1) is 0 Å². The molecule has 0 heterocycles. The third-order valence-electron chi connectivity index (χ3n) is 5.63. The first-order valence-corrected chi connectivity index (χ1v) is 11.4. The molecule has 2 aromatic carbocycles. The standard InChI is InChI=1S/C26H30N2O9/c1-16(20(24(32)35-2)25(33)36-3)21(23(30)31)28-22(29)19(14-17-10-6-4-7-11-17)27-26(34)37-15-18-12-8-5-9-13-18/h4-13,16,19-21H,14-15H2,1-3H3,(H,27,34)(H,28,29)(H,30,31)/t16-,19+,21+/m0/s1. The fourth-order valence-corrected chi connectivity index (χ4v) is 3.61. The van der Waals surface area contributed by atoms with Crippen LogP contribution in [0.4, 0.5) is 4.79 Å². The van der Waals surface area contributed by atoms with Gasteiger partial charge < -0.3 is 30.0 Å². The van der Waals surface area contributed by atoms with E-state index < -0.39 is 53.8 Å². The van der Waals surface area contributed by atoms with Gasteiger partial charge >= 0.3 is 24.0 Å². The van der Waals surface area contributed by atoms with Crippen LogP contribution in [0, 0.1) is 11.8 Å². The van der Waals surface area contributed by atoms with Crippen molar-refractivity contribution in [2.75, 3.05) is 14.2 Å². The van der Waals surface area contributed by atoms with Crippen LogP contribution in [0.2, 0.25) is 0 Å². The van der Waals surface area contributed by atoms with Crippen LogP contribution in [-0.4, -0.2) is 61.3 Å². The number of hydrogen-bond acceptors (Lipinski definition) is 8. The molecule has 0 saturated carbocycles. The molecule has 3 atom stereocenters. The minimum Gasteiger partial charge on any atom is -0.480 e. The summed E-state index contributed by atoms with van der Waals surface area (Å²) in [5, 5.41) is 14.6. The first-order valence-electron chi connectivity index (χ1n) is 11.4. The highest BCUT2D eigenvalue weighted by Gasteiger charge is 2.42. The van der Waals surface area contributed by atoms with Gasteiger partial charge in [0.2, 0.25) is 5.91 Å². The van der Waals surface area contributed by atoms with E-state index in [1.165, 1.54) is 6.92 Å². The fourth-order valence-electron chi connectivity index (χ4n) is 3.61. The van der Waals surface area contributed by atoms with Gasteiger partial charge in [-0.1, -0.05) is 67.6 Å². The average molecular weight is 515 g/mol. The maximum atomic E-state index is 13.2. The van der Waals surface area contributed by atoms with Gasteiger partial charge in [0.05, 0.1) is 14.2 Å². The second kappa shape index (κ2) is 14.2. The Bertz CT molecular complexity index is 1060. The van der Waals surface area contributed by atoms with E-state index in [1.54, 1.807) is 54.6 Å². The van der Waals surface area contributed by atoms with Gasteiger partial charge in [-0.3, -0.25) is 14.4 Å². The third kappa shape index (κ3) is 8.64. The highest BCUT2D eigenvalue weighted by Crippen LogP contribution is 2.20. The van der Waals surface area contributed by atoms with Crippen LogP contribution in [0.3, 0.4) is 0 Å². The number of hydrogen-bond donors (Lipinski definition) is 3. The van der Waals surface area contributed by atoms with Crippen LogP contribution in [0.5, 0.6) is 0 Å². The predicted molar refractivity (Wildman–Crippen MR) is 130 cm³/mol. The minimum absolute atomic E-state index is 0.0191. The van der Waals surface area contributed by atoms with E-state index in [9.17, 15) is 29.1 Å². The highest BCUT2D eigenvalue weighted by atomic mass is 16.6. The molecule has 0 spiro atoms. The molecule has 2 aromatic rings. The van der Waals surface area contributed by atoms with E-state index in [0.29, 0.717) is 5.56 Å². The highest BCUT2D eigenvalue weighted by molar-refractivity contribution is 5.96. The molecular formula is C26H30N2O9. The molecule has 0 aromatic heterocycles. The fraction of sp³-hybridized carbons (Fsp3) is 0.346. The molecule has 3 N–H and O–H groups in total. The molecule has 2 amide bonds. The SMILES string of the molecule is COC(=O)C(C(=O)OC)[C@H](C)[C@@H](NC(=O)[C@@H](Cc1ccccc1)NC(=O)OCc1ccccc1)C(=O)O. The number of aliphatic carboxylic acids is 1. The van der Waals surface area contributed by atoms with Crippen LogP contribution in [-0.2, 0) is 46.4 Å². The van der Waals surface area contributed by atoms with Crippen LogP contribution < -0.4 is 10.6 Å². The summed E-state index contributed by atoms with van der Waals surface area (Å²) in [7, 11) is 2.08. The van der Waals surface area contributed by atoms with E-state index in [1.807, 2.05) is 6.07 Å². The van der Waals surface area contributed by atoms with Crippen molar-refractivity contribution in [3.05, 3.63) is 71.8 Å². The van der Waals surface area contributed by atoms with Crippen molar-refractivity contribution in [2.45, 2.75) is 32.0 Å². The summed E-state index contributed by atoms with van der Waals surface area (Å²) in [6.07, 6.45) is -0.868. The van der Waals surface area contributed by atoms with Crippen molar-refractivity contribution < 1.29 is 43.3 Å². The van der Waals surface area contributed by atoms with Crippen LogP contribution in [0.15, 0.2) is 60.7 Å². The van der Waals surface area contributed by atoms with Gasteiger partial charge in [0.1, 0.15) is 18.7 Å². The number of alkyl carbamates (subject to hydrolysis) is 1. The number of methoxy groups -OCH3 is 2. The van der Waals surface area contributed by atoms with Gasteiger partial charge in [0, 0.05) is 12.3 Å². The molecule has 0 fully saturated rings. The number of carboxylic acids is 1. The number of carboxylic acid groups (broad SMARTS) is 1. The van der Waals surface area contributed by atoms with Crippen molar-refractivity contribution in [1.82, 2.24) is 10.6 Å².